The molecule has 1 aromatic heterocycles. The summed E-state index contributed by atoms with van der Waals surface area (Å²) in [6.07, 6.45) is 2.96. The number of benzene rings is 1. The molecule has 1 aliphatic rings. The number of carbonyl (C=O) groups excluding carboxylic acids is 1. The predicted octanol–water partition coefficient (Wildman–Crippen LogP) is 4.02. The van der Waals surface area contributed by atoms with Crippen molar-refractivity contribution in [3.63, 3.8) is 0 Å². The second-order valence-corrected chi connectivity index (χ2v) is 7.76. The van der Waals surface area contributed by atoms with Crippen molar-refractivity contribution in [2.75, 3.05) is 43.6 Å². The van der Waals surface area contributed by atoms with Gasteiger partial charge in [-0.3, -0.25) is 0 Å². The topological polar surface area (TPSA) is 63.7 Å². The fourth-order valence-electron chi connectivity index (χ4n) is 3.73. The van der Waals surface area contributed by atoms with Crippen LogP contribution in [0.4, 0.5) is 15.9 Å². The lowest BCUT2D eigenvalue weighted by Gasteiger charge is -2.21. The van der Waals surface area contributed by atoms with E-state index in [0.29, 0.717) is 31.8 Å². The molecule has 0 saturated carbocycles. The zero-order chi connectivity index (χ0) is 21.5. The van der Waals surface area contributed by atoms with Gasteiger partial charge in [-0.25, -0.2) is 9.37 Å². The summed E-state index contributed by atoms with van der Waals surface area (Å²) in [5.41, 5.74) is 1.65. The van der Waals surface area contributed by atoms with Crippen LogP contribution >= 0.6 is 0 Å². The Bertz CT molecular complexity index is 844. The van der Waals surface area contributed by atoms with E-state index >= 15 is 0 Å². The Morgan fingerprint density at radius 3 is 2.80 bits per heavy atom. The fourth-order valence-corrected chi connectivity index (χ4v) is 3.73. The Kier molecular flexibility index (Phi) is 7.63. The van der Waals surface area contributed by atoms with Gasteiger partial charge in [-0.1, -0.05) is 19.1 Å². The summed E-state index contributed by atoms with van der Waals surface area (Å²) < 4.78 is 25.9. The van der Waals surface area contributed by atoms with Crippen LogP contribution in [0.1, 0.15) is 38.2 Å². The second kappa shape index (κ2) is 10.4. The number of hydrogen-bond acceptors (Lipinski definition) is 6. The van der Waals surface area contributed by atoms with Crippen LogP contribution in [0.3, 0.4) is 0 Å². The van der Waals surface area contributed by atoms with Crippen molar-refractivity contribution in [2.45, 2.75) is 38.7 Å². The molecule has 0 spiro atoms. The number of pyridine rings is 1. The number of ketones is 1. The third-order valence-electron chi connectivity index (χ3n) is 5.30. The van der Waals surface area contributed by atoms with Crippen molar-refractivity contribution in [1.82, 2.24) is 4.98 Å². The van der Waals surface area contributed by atoms with Crippen LogP contribution in [0.2, 0.25) is 0 Å². The van der Waals surface area contributed by atoms with Gasteiger partial charge in [0.25, 0.3) is 0 Å². The molecule has 2 atom stereocenters. The van der Waals surface area contributed by atoms with Crippen LogP contribution in [-0.4, -0.2) is 50.2 Å². The largest absolute Gasteiger partial charge is 0.489 e. The Balaban J connectivity index is 1.58. The summed E-state index contributed by atoms with van der Waals surface area (Å²) in [6.45, 7) is 5.98. The molecular formula is C23H30FN3O3. The van der Waals surface area contributed by atoms with Gasteiger partial charge in [-0.2, -0.15) is 0 Å². The van der Waals surface area contributed by atoms with Gasteiger partial charge >= 0.3 is 0 Å². The highest BCUT2D eigenvalue weighted by atomic mass is 19.1. The molecular weight excluding hydrogens is 385 g/mol. The smallest absolute Gasteiger partial charge is 0.188 e. The Morgan fingerprint density at radius 2 is 2.10 bits per heavy atom. The summed E-state index contributed by atoms with van der Waals surface area (Å²) in [5.74, 6) is 1.06. The maximum absolute atomic E-state index is 14.8. The van der Waals surface area contributed by atoms with Crippen molar-refractivity contribution in [1.29, 1.82) is 0 Å². The number of ether oxygens (including phenoxy) is 2. The van der Waals surface area contributed by atoms with Gasteiger partial charge in [0.05, 0.1) is 18.8 Å². The molecule has 3 rings (SSSR count). The number of Topliss-reactive ketones (excluding diaryl/α,β-unsaturated/α-hetero) is 1. The predicted molar refractivity (Wildman–Crippen MR) is 116 cm³/mol. The molecule has 6 nitrogen and oxygen atoms in total. The molecule has 7 heteroatoms. The maximum Gasteiger partial charge on any atom is 0.188 e. The average Bonchev–Trinajstić information content (AvgIpc) is 3.17. The minimum Gasteiger partial charge on any atom is -0.489 e. The Labute approximate surface area is 177 Å². The van der Waals surface area contributed by atoms with E-state index in [2.05, 4.69) is 10.3 Å². The zero-order valence-corrected chi connectivity index (χ0v) is 17.9. The number of hydrogen-bond donors (Lipinski definition) is 1. The van der Waals surface area contributed by atoms with E-state index in [-0.39, 0.29) is 29.4 Å². The van der Waals surface area contributed by atoms with Crippen molar-refractivity contribution in [3.8, 4) is 5.75 Å². The van der Waals surface area contributed by atoms with Crippen molar-refractivity contribution in [2.24, 2.45) is 0 Å². The van der Waals surface area contributed by atoms with E-state index in [1.54, 1.807) is 26.3 Å². The molecule has 1 aromatic carbocycles. The number of anilines is 2. The first-order chi connectivity index (χ1) is 14.5. The van der Waals surface area contributed by atoms with Crippen molar-refractivity contribution in [3.05, 3.63) is 47.9 Å². The Hall–Kier alpha value is -2.67. The fraction of sp³-hybridized carbons (Fsp3) is 0.478. The van der Waals surface area contributed by atoms with Crippen LogP contribution in [-0.2, 0) is 9.53 Å². The molecule has 162 valence electrons. The first-order valence-electron chi connectivity index (χ1n) is 10.4. The first-order valence-corrected chi connectivity index (χ1v) is 10.4. The molecule has 1 aliphatic heterocycles. The summed E-state index contributed by atoms with van der Waals surface area (Å²) >= 11 is 0. The first kappa shape index (κ1) is 22.0. The molecule has 2 heterocycles. The molecule has 0 unspecified atom stereocenters. The third-order valence-corrected chi connectivity index (χ3v) is 5.30. The average molecular weight is 416 g/mol. The molecule has 1 N–H and O–H groups in total. The number of nitrogens with one attached hydrogen (secondary N) is 1. The molecule has 30 heavy (non-hydrogen) atoms. The number of halogens is 1. The summed E-state index contributed by atoms with van der Waals surface area (Å²) in [7, 11) is 1.60. The highest BCUT2D eigenvalue weighted by Crippen LogP contribution is 2.29. The van der Waals surface area contributed by atoms with Crippen LogP contribution in [0, 0.1) is 5.82 Å². The minimum atomic E-state index is -0.349. The van der Waals surface area contributed by atoms with Crippen LogP contribution < -0.4 is 15.0 Å². The molecule has 0 amide bonds. The monoisotopic (exact) mass is 415 g/mol. The highest BCUT2D eigenvalue weighted by Gasteiger charge is 2.27. The molecule has 1 saturated heterocycles. The number of nitrogens with zero attached hydrogens (tertiary/aromatic N) is 2. The lowest BCUT2D eigenvalue weighted by Crippen LogP contribution is -2.25. The summed E-state index contributed by atoms with van der Waals surface area (Å²) in [4.78, 5) is 17.4. The maximum atomic E-state index is 14.8. The Morgan fingerprint density at radius 1 is 1.33 bits per heavy atom. The molecule has 0 bridgehead atoms. The molecule has 0 aliphatic carbocycles. The SMILES string of the molecule is COCCNc1nccc(N2CC[C@@H](Oc3ccc([C@H](C)CC(C)=O)cc3)C2)c1F. The lowest BCUT2D eigenvalue weighted by molar-refractivity contribution is -0.117. The quantitative estimate of drug-likeness (QED) is 0.592. The van der Waals surface area contributed by atoms with Gasteiger partial charge in [0.2, 0.25) is 0 Å². The van der Waals surface area contributed by atoms with Crippen LogP contribution in [0.15, 0.2) is 36.5 Å². The molecule has 1 fully saturated rings. The second-order valence-electron chi connectivity index (χ2n) is 7.76. The molecule has 2 aromatic rings. The van der Waals surface area contributed by atoms with Gasteiger partial charge in [0.1, 0.15) is 17.6 Å². The molecule has 0 radical (unpaired) electrons. The van der Waals surface area contributed by atoms with Gasteiger partial charge in [0, 0.05) is 39.2 Å². The van der Waals surface area contributed by atoms with E-state index in [1.807, 2.05) is 36.1 Å². The van der Waals surface area contributed by atoms with Gasteiger partial charge in [0.15, 0.2) is 11.6 Å². The lowest BCUT2D eigenvalue weighted by atomic mass is 9.96. The van der Waals surface area contributed by atoms with Crippen molar-refractivity contribution < 1.29 is 18.7 Å². The van der Waals surface area contributed by atoms with Gasteiger partial charge < -0.3 is 24.5 Å². The van der Waals surface area contributed by atoms with Gasteiger partial charge in [-0.05, 0) is 36.6 Å². The van der Waals surface area contributed by atoms with E-state index in [0.717, 1.165) is 24.3 Å². The zero-order valence-electron chi connectivity index (χ0n) is 17.9. The van der Waals surface area contributed by atoms with E-state index < -0.39 is 0 Å². The van der Waals surface area contributed by atoms with Gasteiger partial charge in [-0.15, -0.1) is 0 Å². The highest BCUT2D eigenvalue weighted by molar-refractivity contribution is 5.76. The van der Waals surface area contributed by atoms with E-state index in [4.69, 9.17) is 9.47 Å². The number of rotatable bonds is 10. The summed E-state index contributed by atoms with van der Waals surface area (Å²) in [5, 5.41) is 2.96. The number of methoxy groups -OCH3 is 1. The minimum absolute atomic E-state index is 0.0111. The normalized spacial score (nSPS) is 17.1. The summed E-state index contributed by atoms with van der Waals surface area (Å²) in [6, 6.07) is 9.61. The van der Waals surface area contributed by atoms with Crippen molar-refractivity contribution >= 4 is 17.3 Å². The number of carbonyl (C=O) groups is 1. The standard InChI is InChI=1S/C23H30FN3O3/c1-16(14-17(2)28)18-4-6-19(7-5-18)30-20-9-12-27(15-20)21-8-10-25-23(22(21)24)26-11-13-29-3/h4-8,10,16,20H,9,11-15H2,1-3H3,(H,25,26)/t16-,20-/m1/s1. The third kappa shape index (κ3) is 5.69. The van der Waals surface area contributed by atoms with E-state index in [9.17, 15) is 9.18 Å². The van der Waals surface area contributed by atoms with Crippen LogP contribution in [0.5, 0.6) is 5.75 Å². The van der Waals surface area contributed by atoms with Crippen LogP contribution in [0.25, 0.3) is 0 Å². The van der Waals surface area contributed by atoms with E-state index in [1.165, 1.54) is 0 Å². The number of aromatic nitrogens is 1.